The smallest absolute Gasteiger partial charge is 0.335 e. The maximum absolute atomic E-state index is 11.3. The van der Waals surface area contributed by atoms with Crippen molar-refractivity contribution < 1.29 is 14.5 Å². The SMILES string of the molecule is O=C1OC(Br)C2=C1CCCC2[N+](=O)[O-]. The van der Waals surface area contributed by atoms with Gasteiger partial charge in [0.25, 0.3) is 0 Å². The van der Waals surface area contributed by atoms with Crippen molar-refractivity contribution in [1.82, 2.24) is 0 Å². The van der Waals surface area contributed by atoms with Crippen LogP contribution in [0.25, 0.3) is 0 Å². The van der Waals surface area contributed by atoms with Crippen molar-refractivity contribution in [3.63, 3.8) is 0 Å². The van der Waals surface area contributed by atoms with Crippen LogP contribution < -0.4 is 0 Å². The molecule has 0 aromatic rings. The van der Waals surface area contributed by atoms with Gasteiger partial charge in [0.1, 0.15) is 0 Å². The van der Waals surface area contributed by atoms with E-state index in [0.29, 0.717) is 30.4 Å². The summed E-state index contributed by atoms with van der Waals surface area (Å²) in [5.41, 5.74) is 1.02. The fraction of sp³-hybridized carbons (Fsp3) is 0.625. The van der Waals surface area contributed by atoms with E-state index in [0.717, 1.165) is 0 Å². The highest BCUT2D eigenvalue weighted by atomic mass is 79.9. The maximum Gasteiger partial charge on any atom is 0.335 e. The summed E-state index contributed by atoms with van der Waals surface area (Å²) in [6, 6.07) is -0.755. The third kappa shape index (κ3) is 1.33. The number of hydrogen-bond acceptors (Lipinski definition) is 4. The zero-order chi connectivity index (χ0) is 10.3. The average Bonchev–Trinajstić information content (AvgIpc) is 2.43. The highest BCUT2D eigenvalue weighted by molar-refractivity contribution is 9.09. The second-order valence-electron chi connectivity index (χ2n) is 3.35. The summed E-state index contributed by atoms with van der Waals surface area (Å²) >= 11 is 3.12. The number of ether oxygens (including phenoxy) is 1. The fourth-order valence-electron chi connectivity index (χ4n) is 1.93. The first-order valence-electron chi connectivity index (χ1n) is 4.32. The Balaban J connectivity index is 2.40. The predicted octanol–water partition coefficient (Wildman–Crippen LogP) is 1.39. The van der Waals surface area contributed by atoms with Gasteiger partial charge in [0.05, 0.1) is 5.57 Å². The molecule has 76 valence electrons. The number of nitrogens with zero attached hydrogens (tertiary/aromatic N) is 1. The normalized spacial score (nSPS) is 31.4. The summed E-state index contributed by atoms with van der Waals surface area (Å²) in [7, 11) is 0. The van der Waals surface area contributed by atoms with Crippen LogP contribution in [0.2, 0.25) is 0 Å². The Kier molecular flexibility index (Phi) is 2.30. The first-order valence-corrected chi connectivity index (χ1v) is 5.24. The Labute approximate surface area is 88.4 Å². The predicted molar refractivity (Wildman–Crippen MR) is 50.5 cm³/mol. The van der Waals surface area contributed by atoms with Crippen LogP contribution in [-0.4, -0.2) is 21.9 Å². The quantitative estimate of drug-likeness (QED) is 0.310. The summed E-state index contributed by atoms with van der Waals surface area (Å²) in [4.78, 5) is 21.6. The third-order valence-electron chi connectivity index (χ3n) is 2.57. The van der Waals surface area contributed by atoms with Gasteiger partial charge in [0.2, 0.25) is 6.04 Å². The van der Waals surface area contributed by atoms with Crippen LogP contribution in [0.4, 0.5) is 0 Å². The lowest BCUT2D eigenvalue weighted by atomic mass is 9.90. The Bertz CT molecular complexity index is 338. The molecule has 1 heterocycles. The van der Waals surface area contributed by atoms with E-state index in [1.165, 1.54) is 0 Å². The molecule has 0 saturated heterocycles. The molecule has 14 heavy (non-hydrogen) atoms. The van der Waals surface area contributed by atoms with E-state index in [1.807, 2.05) is 0 Å². The van der Waals surface area contributed by atoms with E-state index in [1.54, 1.807) is 0 Å². The van der Waals surface area contributed by atoms with Gasteiger partial charge in [-0.25, -0.2) is 4.79 Å². The van der Waals surface area contributed by atoms with Crippen LogP contribution in [0.5, 0.6) is 0 Å². The van der Waals surface area contributed by atoms with E-state index in [2.05, 4.69) is 15.9 Å². The fourth-order valence-corrected chi connectivity index (χ4v) is 2.68. The van der Waals surface area contributed by atoms with Crippen molar-refractivity contribution in [2.45, 2.75) is 30.3 Å². The molecule has 2 unspecified atom stereocenters. The summed E-state index contributed by atoms with van der Waals surface area (Å²) in [6.07, 6.45) is 1.77. The summed E-state index contributed by atoms with van der Waals surface area (Å²) in [5, 5.41) is 10.1. The molecule has 0 radical (unpaired) electrons. The molecule has 0 saturated carbocycles. The third-order valence-corrected chi connectivity index (χ3v) is 3.25. The second-order valence-corrected chi connectivity index (χ2v) is 4.18. The molecule has 2 atom stereocenters. The largest absolute Gasteiger partial charge is 0.442 e. The van der Waals surface area contributed by atoms with Crippen LogP contribution in [0.1, 0.15) is 19.3 Å². The van der Waals surface area contributed by atoms with Crippen molar-refractivity contribution in [3.8, 4) is 0 Å². The molecule has 2 rings (SSSR count). The molecule has 2 aliphatic rings. The topological polar surface area (TPSA) is 69.4 Å². The van der Waals surface area contributed by atoms with E-state index < -0.39 is 17.0 Å². The number of carbonyl (C=O) groups excluding carboxylic acids is 1. The lowest BCUT2D eigenvalue weighted by molar-refractivity contribution is -0.514. The van der Waals surface area contributed by atoms with Gasteiger partial charge >= 0.3 is 5.97 Å². The maximum atomic E-state index is 11.3. The molecular formula is C8H8BrNO4. The lowest BCUT2D eigenvalue weighted by Crippen LogP contribution is -2.28. The molecule has 0 bridgehead atoms. The number of halogens is 1. The Morgan fingerprint density at radius 1 is 1.57 bits per heavy atom. The van der Waals surface area contributed by atoms with E-state index in [-0.39, 0.29) is 4.92 Å². The second kappa shape index (κ2) is 3.34. The Hall–Kier alpha value is -0.910. The number of carbonyl (C=O) groups is 1. The van der Waals surface area contributed by atoms with Gasteiger partial charge in [-0.2, -0.15) is 0 Å². The summed E-state index contributed by atoms with van der Waals surface area (Å²) in [5.74, 6) is -0.409. The van der Waals surface area contributed by atoms with Gasteiger partial charge in [-0.1, -0.05) is 0 Å². The molecule has 5 nitrogen and oxygen atoms in total. The van der Waals surface area contributed by atoms with Crippen LogP contribution in [-0.2, 0) is 9.53 Å². The van der Waals surface area contributed by atoms with Crippen LogP contribution in [0.3, 0.4) is 0 Å². The number of alkyl halides is 1. The highest BCUT2D eigenvalue weighted by Gasteiger charge is 2.44. The van der Waals surface area contributed by atoms with Crippen LogP contribution >= 0.6 is 15.9 Å². The van der Waals surface area contributed by atoms with Gasteiger partial charge in [-0.15, -0.1) is 0 Å². The van der Waals surface area contributed by atoms with Crippen LogP contribution in [0.15, 0.2) is 11.1 Å². The zero-order valence-corrected chi connectivity index (χ0v) is 8.82. The van der Waals surface area contributed by atoms with Gasteiger partial charge in [-0.3, -0.25) is 10.1 Å². The first kappa shape index (κ1) is 9.64. The number of nitro groups is 1. The standard InChI is InChI=1S/C8H8BrNO4/c9-7-6-4(8(11)14-7)2-1-3-5(6)10(12)13/h5,7H,1-3H2. The van der Waals surface area contributed by atoms with E-state index >= 15 is 0 Å². The van der Waals surface area contributed by atoms with Crippen molar-refractivity contribution in [1.29, 1.82) is 0 Å². The average molecular weight is 262 g/mol. The minimum atomic E-state index is -0.755. The van der Waals surface area contributed by atoms with Gasteiger partial charge in [-0.05, 0) is 28.8 Å². The molecule has 0 aromatic carbocycles. The molecule has 0 spiro atoms. The minimum absolute atomic E-state index is 0.343. The van der Waals surface area contributed by atoms with Crippen molar-refractivity contribution in [2.75, 3.05) is 0 Å². The Morgan fingerprint density at radius 2 is 2.29 bits per heavy atom. The molecule has 6 heteroatoms. The number of cyclic esters (lactones) is 1. The van der Waals surface area contributed by atoms with E-state index in [4.69, 9.17) is 4.74 Å². The zero-order valence-electron chi connectivity index (χ0n) is 7.23. The molecule has 0 aromatic heterocycles. The number of esters is 1. The number of rotatable bonds is 1. The molecule has 1 aliphatic heterocycles. The lowest BCUT2D eigenvalue weighted by Gasteiger charge is -2.16. The number of hydrogen-bond donors (Lipinski definition) is 0. The van der Waals surface area contributed by atoms with Crippen molar-refractivity contribution in [2.24, 2.45) is 0 Å². The van der Waals surface area contributed by atoms with Gasteiger partial charge < -0.3 is 4.74 Å². The molecule has 0 fully saturated rings. The Morgan fingerprint density at radius 3 is 2.93 bits per heavy atom. The molecule has 0 amide bonds. The van der Waals surface area contributed by atoms with Crippen LogP contribution in [0, 0.1) is 10.1 Å². The van der Waals surface area contributed by atoms with E-state index in [9.17, 15) is 14.9 Å². The van der Waals surface area contributed by atoms with Gasteiger partial charge in [0, 0.05) is 16.9 Å². The summed E-state index contributed by atoms with van der Waals surface area (Å²) < 4.78 is 4.89. The van der Waals surface area contributed by atoms with Gasteiger partial charge in [0.15, 0.2) is 5.01 Å². The monoisotopic (exact) mass is 261 g/mol. The molecular weight excluding hydrogens is 254 g/mol. The highest BCUT2D eigenvalue weighted by Crippen LogP contribution is 2.38. The summed E-state index contributed by atoms with van der Waals surface area (Å²) in [6.45, 7) is 0. The van der Waals surface area contributed by atoms with Crippen molar-refractivity contribution in [3.05, 3.63) is 21.3 Å². The first-order chi connectivity index (χ1) is 6.61. The molecule has 1 aliphatic carbocycles. The minimum Gasteiger partial charge on any atom is -0.442 e. The van der Waals surface area contributed by atoms with Crippen molar-refractivity contribution >= 4 is 21.9 Å². The molecule has 0 N–H and O–H groups in total.